The minimum absolute atomic E-state index is 0.160. The predicted octanol–water partition coefficient (Wildman–Crippen LogP) is 3.02. The fourth-order valence-corrected chi connectivity index (χ4v) is 1.43. The molecule has 0 bridgehead atoms. The van der Waals surface area contributed by atoms with E-state index in [1.165, 1.54) is 5.56 Å². The molecule has 0 saturated heterocycles. The quantitative estimate of drug-likeness (QED) is 0.582. The number of ether oxygens (including phenoxy) is 2. The molecule has 3 nitrogen and oxygen atoms in total. The third-order valence-electron chi connectivity index (χ3n) is 2.55. The standard InChI is InChI=1S/C14H20O3/c1-11(17-10-15)16-9-12-5-7-13(8-6-12)14(2,3)4/h5-8,10-11H,9H2,1-4H3. The molecule has 0 fully saturated rings. The summed E-state index contributed by atoms with van der Waals surface area (Å²) in [6.45, 7) is 9.07. The van der Waals surface area contributed by atoms with Crippen LogP contribution in [0.2, 0.25) is 0 Å². The molecule has 0 N–H and O–H groups in total. The third kappa shape index (κ3) is 4.57. The van der Waals surface area contributed by atoms with Gasteiger partial charge >= 0.3 is 0 Å². The fourth-order valence-electron chi connectivity index (χ4n) is 1.43. The van der Waals surface area contributed by atoms with Gasteiger partial charge in [-0.25, -0.2) is 0 Å². The molecule has 0 amide bonds. The average Bonchev–Trinajstić information content (AvgIpc) is 2.26. The minimum Gasteiger partial charge on any atom is -0.438 e. The van der Waals surface area contributed by atoms with E-state index in [4.69, 9.17) is 4.74 Å². The van der Waals surface area contributed by atoms with Crippen LogP contribution in [0.5, 0.6) is 0 Å². The Morgan fingerprint density at radius 1 is 1.24 bits per heavy atom. The fraction of sp³-hybridized carbons (Fsp3) is 0.500. The highest BCUT2D eigenvalue weighted by Crippen LogP contribution is 2.22. The van der Waals surface area contributed by atoms with E-state index in [1.807, 2.05) is 12.1 Å². The van der Waals surface area contributed by atoms with Crippen molar-refractivity contribution in [2.75, 3.05) is 0 Å². The lowest BCUT2D eigenvalue weighted by atomic mass is 9.87. The van der Waals surface area contributed by atoms with Crippen LogP contribution in [0.15, 0.2) is 24.3 Å². The summed E-state index contributed by atoms with van der Waals surface area (Å²) in [7, 11) is 0. The van der Waals surface area contributed by atoms with E-state index in [0.29, 0.717) is 13.1 Å². The van der Waals surface area contributed by atoms with Gasteiger partial charge in [0.05, 0.1) is 6.61 Å². The smallest absolute Gasteiger partial charge is 0.295 e. The Hall–Kier alpha value is -1.35. The van der Waals surface area contributed by atoms with Crippen LogP contribution >= 0.6 is 0 Å². The Morgan fingerprint density at radius 3 is 2.29 bits per heavy atom. The highest BCUT2D eigenvalue weighted by Gasteiger charge is 2.12. The molecule has 1 aromatic carbocycles. The number of hydrogen-bond acceptors (Lipinski definition) is 3. The highest BCUT2D eigenvalue weighted by molar-refractivity contribution is 5.37. The van der Waals surface area contributed by atoms with Gasteiger partial charge in [0.1, 0.15) is 0 Å². The highest BCUT2D eigenvalue weighted by atomic mass is 16.7. The summed E-state index contributed by atoms with van der Waals surface area (Å²) in [4.78, 5) is 10.1. The first kappa shape index (κ1) is 13.7. The molecule has 0 aromatic heterocycles. The molecule has 3 heteroatoms. The molecule has 1 rings (SSSR count). The van der Waals surface area contributed by atoms with Gasteiger partial charge < -0.3 is 9.47 Å². The Kier molecular flexibility index (Phi) is 4.70. The van der Waals surface area contributed by atoms with Gasteiger partial charge in [-0.15, -0.1) is 0 Å². The molecule has 0 aliphatic carbocycles. The van der Waals surface area contributed by atoms with Crippen molar-refractivity contribution in [2.24, 2.45) is 0 Å². The van der Waals surface area contributed by atoms with Gasteiger partial charge in [-0.1, -0.05) is 45.0 Å². The molecule has 94 valence electrons. The maximum Gasteiger partial charge on any atom is 0.295 e. The molecular formula is C14H20O3. The zero-order valence-corrected chi connectivity index (χ0v) is 10.9. The first-order valence-corrected chi connectivity index (χ1v) is 5.73. The van der Waals surface area contributed by atoms with Gasteiger partial charge in [0.15, 0.2) is 6.29 Å². The second kappa shape index (κ2) is 5.82. The van der Waals surface area contributed by atoms with Crippen molar-refractivity contribution in [2.45, 2.75) is 46.0 Å². The molecular weight excluding hydrogens is 216 g/mol. The molecule has 1 aromatic rings. The monoisotopic (exact) mass is 236 g/mol. The van der Waals surface area contributed by atoms with E-state index in [-0.39, 0.29) is 5.41 Å². The summed E-state index contributed by atoms with van der Waals surface area (Å²) in [6.07, 6.45) is -0.505. The van der Waals surface area contributed by atoms with Crippen LogP contribution in [0.4, 0.5) is 0 Å². The number of benzene rings is 1. The molecule has 0 aliphatic rings. The summed E-state index contributed by atoms with van der Waals surface area (Å²) in [5, 5.41) is 0. The van der Waals surface area contributed by atoms with Crippen molar-refractivity contribution in [3.8, 4) is 0 Å². The van der Waals surface area contributed by atoms with Crippen LogP contribution in [-0.4, -0.2) is 12.8 Å². The summed E-state index contributed by atoms with van der Waals surface area (Å²) in [6, 6.07) is 8.27. The second-order valence-corrected chi connectivity index (χ2v) is 5.06. The van der Waals surface area contributed by atoms with E-state index in [9.17, 15) is 4.79 Å². The van der Waals surface area contributed by atoms with Crippen molar-refractivity contribution in [1.82, 2.24) is 0 Å². The lowest BCUT2D eigenvalue weighted by Crippen LogP contribution is -2.12. The Labute approximate surface area is 103 Å². The van der Waals surface area contributed by atoms with Crippen molar-refractivity contribution in [3.05, 3.63) is 35.4 Å². The summed E-state index contributed by atoms with van der Waals surface area (Å²) in [5.41, 5.74) is 2.52. The first-order valence-electron chi connectivity index (χ1n) is 5.73. The lowest BCUT2D eigenvalue weighted by Gasteiger charge is -2.19. The van der Waals surface area contributed by atoms with Crippen molar-refractivity contribution in [3.63, 3.8) is 0 Å². The number of hydrogen-bond donors (Lipinski definition) is 0. The van der Waals surface area contributed by atoms with Gasteiger partial charge in [-0.05, 0) is 23.5 Å². The number of carbonyl (C=O) groups is 1. The molecule has 1 atom stereocenters. The predicted molar refractivity (Wildman–Crippen MR) is 66.5 cm³/mol. The largest absolute Gasteiger partial charge is 0.438 e. The maximum absolute atomic E-state index is 10.1. The SMILES string of the molecule is CC(OC=O)OCc1ccc(C(C)(C)C)cc1. The van der Waals surface area contributed by atoms with Gasteiger partial charge in [-0.2, -0.15) is 0 Å². The zero-order valence-electron chi connectivity index (χ0n) is 10.9. The van der Waals surface area contributed by atoms with E-state index >= 15 is 0 Å². The third-order valence-corrected chi connectivity index (χ3v) is 2.55. The molecule has 1 unspecified atom stereocenters. The van der Waals surface area contributed by atoms with Crippen LogP contribution in [0, 0.1) is 0 Å². The second-order valence-electron chi connectivity index (χ2n) is 5.06. The Bertz CT molecular complexity index is 349. The van der Waals surface area contributed by atoms with E-state index in [0.717, 1.165) is 5.56 Å². The Morgan fingerprint density at radius 2 is 1.82 bits per heavy atom. The van der Waals surface area contributed by atoms with Gasteiger partial charge in [-0.3, -0.25) is 4.79 Å². The van der Waals surface area contributed by atoms with Crippen LogP contribution in [-0.2, 0) is 26.3 Å². The topological polar surface area (TPSA) is 35.5 Å². The molecule has 17 heavy (non-hydrogen) atoms. The first-order chi connectivity index (χ1) is 7.93. The molecule has 0 radical (unpaired) electrons. The van der Waals surface area contributed by atoms with Crippen molar-refractivity contribution < 1.29 is 14.3 Å². The average molecular weight is 236 g/mol. The van der Waals surface area contributed by atoms with E-state index < -0.39 is 6.29 Å². The van der Waals surface area contributed by atoms with Crippen LogP contribution in [0.3, 0.4) is 0 Å². The van der Waals surface area contributed by atoms with Gasteiger partial charge in [0, 0.05) is 0 Å². The normalized spacial score (nSPS) is 13.2. The van der Waals surface area contributed by atoms with Crippen molar-refractivity contribution in [1.29, 1.82) is 0 Å². The molecule has 0 heterocycles. The summed E-state index contributed by atoms with van der Waals surface area (Å²) in [5.74, 6) is 0. The zero-order chi connectivity index (χ0) is 12.9. The van der Waals surface area contributed by atoms with E-state index in [1.54, 1.807) is 6.92 Å². The Balaban J connectivity index is 2.54. The van der Waals surface area contributed by atoms with Crippen LogP contribution in [0.25, 0.3) is 0 Å². The molecule has 0 saturated carbocycles. The van der Waals surface area contributed by atoms with Crippen LogP contribution in [0.1, 0.15) is 38.8 Å². The number of rotatable bonds is 5. The minimum atomic E-state index is -0.505. The molecule has 0 aliphatic heterocycles. The van der Waals surface area contributed by atoms with Crippen molar-refractivity contribution >= 4 is 6.47 Å². The maximum atomic E-state index is 10.1. The van der Waals surface area contributed by atoms with Gasteiger partial charge in [0.2, 0.25) is 0 Å². The summed E-state index contributed by atoms with van der Waals surface area (Å²) < 4.78 is 9.98. The lowest BCUT2D eigenvalue weighted by molar-refractivity contribution is -0.161. The number of carbonyl (C=O) groups excluding carboxylic acids is 1. The summed E-state index contributed by atoms with van der Waals surface area (Å²) >= 11 is 0. The van der Waals surface area contributed by atoms with Gasteiger partial charge in [0.25, 0.3) is 6.47 Å². The van der Waals surface area contributed by atoms with E-state index in [2.05, 4.69) is 37.6 Å². The molecule has 0 spiro atoms. The van der Waals surface area contributed by atoms with Crippen LogP contribution < -0.4 is 0 Å².